The number of benzene rings is 1. The average Bonchev–Trinajstić information content (AvgIpc) is 2.50. The van der Waals surface area contributed by atoms with Crippen LogP contribution < -0.4 is 15.5 Å². The molecule has 1 aromatic carbocycles. The zero-order chi connectivity index (χ0) is 18.4. The monoisotopic (exact) mass is 357 g/mol. The average molecular weight is 357 g/mol. The lowest BCUT2D eigenvalue weighted by molar-refractivity contribution is -0.123. The summed E-state index contributed by atoms with van der Waals surface area (Å²) in [5, 5.41) is 4.97. The molecule has 0 spiro atoms. The summed E-state index contributed by atoms with van der Waals surface area (Å²) in [7, 11) is 0. The quantitative estimate of drug-likeness (QED) is 0.485. The number of carbonyl (C=O) groups is 2. The molecule has 1 aromatic rings. The first-order chi connectivity index (χ1) is 11.7. The van der Waals surface area contributed by atoms with Crippen molar-refractivity contribution in [1.82, 2.24) is 10.6 Å². The second-order valence-electron chi connectivity index (χ2n) is 7.28. The first-order valence-electron chi connectivity index (χ1n) is 8.53. The molecule has 1 saturated heterocycles. The third-order valence-corrected chi connectivity index (χ3v) is 5.18. The maximum absolute atomic E-state index is 12.0. The molecule has 6 heteroatoms. The summed E-state index contributed by atoms with van der Waals surface area (Å²) >= 11 is 4.82. The minimum Gasteiger partial charge on any atom is -0.366 e. The third kappa shape index (κ3) is 3.18. The number of hydrogen-bond donors (Lipinski definition) is 2. The van der Waals surface area contributed by atoms with Crippen LogP contribution in [0.2, 0.25) is 0 Å². The van der Waals surface area contributed by atoms with E-state index in [4.69, 9.17) is 12.2 Å². The van der Waals surface area contributed by atoms with Gasteiger partial charge < -0.3 is 4.90 Å². The fourth-order valence-electron chi connectivity index (χ4n) is 3.97. The maximum atomic E-state index is 12.0. The van der Waals surface area contributed by atoms with Crippen LogP contribution in [0.15, 0.2) is 23.8 Å². The van der Waals surface area contributed by atoms with Crippen molar-refractivity contribution in [3.05, 3.63) is 34.9 Å². The minimum absolute atomic E-state index is 0.0482. The van der Waals surface area contributed by atoms with Crippen molar-refractivity contribution in [2.75, 3.05) is 11.4 Å². The van der Waals surface area contributed by atoms with Gasteiger partial charge in [-0.3, -0.25) is 20.2 Å². The fraction of sp³-hybridized carbons (Fsp3) is 0.421. The minimum atomic E-state index is -0.462. The Kier molecular flexibility index (Phi) is 4.41. The molecule has 0 bridgehead atoms. The number of hydrogen-bond acceptors (Lipinski definition) is 4. The van der Waals surface area contributed by atoms with E-state index in [0.717, 1.165) is 18.5 Å². The molecule has 0 aromatic heterocycles. The van der Waals surface area contributed by atoms with Gasteiger partial charge >= 0.3 is 0 Å². The van der Waals surface area contributed by atoms with E-state index < -0.39 is 11.8 Å². The molecular weight excluding hydrogens is 334 g/mol. The molecule has 2 aliphatic rings. The van der Waals surface area contributed by atoms with Crippen LogP contribution in [-0.4, -0.2) is 29.0 Å². The SMILES string of the molecule is CCN1c2ccc(C=C3C(=O)NC(=S)NC3=O)cc2[C@H](C)CC1(C)C. The van der Waals surface area contributed by atoms with Gasteiger partial charge in [-0.05, 0) is 74.7 Å². The standard InChI is InChI=1S/C19H23N3O2S/c1-5-22-15-7-6-12(8-13(15)11(2)10-19(22,3)4)9-14-16(23)20-18(25)21-17(14)24/h6-9,11H,5,10H2,1-4H3,(H2,20,21,23,24,25)/t11-/m1/s1. The topological polar surface area (TPSA) is 61.4 Å². The van der Waals surface area contributed by atoms with Crippen molar-refractivity contribution in [3.8, 4) is 0 Å². The van der Waals surface area contributed by atoms with Crippen molar-refractivity contribution < 1.29 is 9.59 Å². The second-order valence-corrected chi connectivity index (χ2v) is 7.68. The fourth-order valence-corrected chi connectivity index (χ4v) is 4.16. The van der Waals surface area contributed by atoms with Gasteiger partial charge in [-0.2, -0.15) is 0 Å². The molecule has 0 radical (unpaired) electrons. The van der Waals surface area contributed by atoms with E-state index in [1.54, 1.807) is 6.08 Å². The first kappa shape index (κ1) is 17.6. The maximum Gasteiger partial charge on any atom is 0.263 e. The largest absolute Gasteiger partial charge is 0.366 e. The Balaban J connectivity index is 2.01. The Hall–Kier alpha value is -2.21. The number of amides is 2. The summed E-state index contributed by atoms with van der Waals surface area (Å²) in [4.78, 5) is 26.5. The van der Waals surface area contributed by atoms with Gasteiger partial charge in [-0.1, -0.05) is 13.0 Å². The number of thiocarbonyl (C=S) groups is 1. The zero-order valence-electron chi connectivity index (χ0n) is 15.0. The van der Waals surface area contributed by atoms with Gasteiger partial charge in [0.05, 0.1) is 0 Å². The Morgan fingerprint density at radius 1 is 1.28 bits per heavy atom. The molecule has 0 unspecified atom stereocenters. The Labute approximate surface area is 153 Å². The molecule has 2 N–H and O–H groups in total. The predicted molar refractivity (Wildman–Crippen MR) is 103 cm³/mol. The van der Waals surface area contributed by atoms with Crippen LogP contribution >= 0.6 is 12.2 Å². The second kappa shape index (κ2) is 6.26. The van der Waals surface area contributed by atoms with Crippen molar-refractivity contribution in [2.24, 2.45) is 0 Å². The van der Waals surface area contributed by atoms with E-state index in [1.165, 1.54) is 11.3 Å². The van der Waals surface area contributed by atoms with Crippen LogP contribution in [0.1, 0.15) is 51.2 Å². The highest BCUT2D eigenvalue weighted by Crippen LogP contribution is 2.43. The van der Waals surface area contributed by atoms with Gasteiger partial charge in [0.2, 0.25) is 0 Å². The molecule has 0 saturated carbocycles. The molecular formula is C19H23N3O2S. The molecule has 132 valence electrons. The lowest BCUT2D eigenvalue weighted by atomic mass is 9.79. The van der Waals surface area contributed by atoms with E-state index in [1.807, 2.05) is 6.07 Å². The summed E-state index contributed by atoms with van der Waals surface area (Å²) in [6.07, 6.45) is 2.68. The smallest absolute Gasteiger partial charge is 0.263 e. The zero-order valence-corrected chi connectivity index (χ0v) is 15.8. The van der Waals surface area contributed by atoms with Crippen LogP contribution in [0.3, 0.4) is 0 Å². The van der Waals surface area contributed by atoms with Crippen LogP contribution in [0.5, 0.6) is 0 Å². The predicted octanol–water partition coefficient (Wildman–Crippen LogP) is 2.71. The Morgan fingerprint density at radius 2 is 1.92 bits per heavy atom. The van der Waals surface area contributed by atoms with E-state index >= 15 is 0 Å². The summed E-state index contributed by atoms with van der Waals surface area (Å²) in [5.41, 5.74) is 3.51. The number of rotatable bonds is 2. The van der Waals surface area contributed by atoms with E-state index in [0.29, 0.717) is 5.92 Å². The summed E-state index contributed by atoms with van der Waals surface area (Å²) < 4.78 is 0. The molecule has 5 nitrogen and oxygen atoms in total. The van der Waals surface area contributed by atoms with E-state index in [-0.39, 0.29) is 16.2 Å². The Bertz CT molecular complexity index is 776. The van der Waals surface area contributed by atoms with E-state index in [2.05, 4.69) is 55.4 Å². The van der Waals surface area contributed by atoms with Gasteiger partial charge in [-0.15, -0.1) is 0 Å². The molecule has 3 rings (SSSR count). The first-order valence-corrected chi connectivity index (χ1v) is 8.93. The number of nitrogens with zero attached hydrogens (tertiary/aromatic N) is 1. The van der Waals surface area contributed by atoms with Gasteiger partial charge in [0.1, 0.15) is 5.57 Å². The van der Waals surface area contributed by atoms with Gasteiger partial charge in [0.25, 0.3) is 11.8 Å². The van der Waals surface area contributed by atoms with Gasteiger partial charge in [0.15, 0.2) is 5.11 Å². The number of nitrogens with one attached hydrogen (secondary N) is 2. The van der Waals surface area contributed by atoms with Crippen LogP contribution in [0, 0.1) is 0 Å². The summed E-state index contributed by atoms with van der Waals surface area (Å²) in [5.74, 6) is -0.514. The summed E-state index contributed by atoms with van der Waals surface area (Å²) in [6.45, 7) is 9.87. The van der Waals surface area contributed by atoms with Crippen LogP contribution in [0.4, 0.5) is 5.69 Å². The lowest BCUT2D eigenvalue weighted by Gasteiger charge is -2.47. The molecule has 0 aliphatic carbocycles. The normalized spacial score (nSPS) is 22.2. The third-order valence-electron chi connectivity index (χ3n) is 4.98. The number of anilines is 1. The summed E-state index contributed by atoms with van der Waals surface area (Å²) in [6, 6.07) is 6.13. The van der Waals surface area contributed by atoms with Gasteiger partial charge in [-0.25, -0.2) is 0 Å². The van der Waals surface area contributed by atoms with Crippen molar-refractivity contribution >= 4 is 40.9 Å². The van der Waals surface area contributed by atoms with Crippen molar-refractivity contribution in [3.63, 3.8) is 0 Å². The highest BCUT2D eigenvalue weighted by molar-refractivity contribution is 7.80. The highest BCUT2D eigenvalue weighted by atomic mass is 32.1. The number of fused-ring (bicyclic) bond motifs is 1. The molecule has 2 amide bonds. The Morgan fingerprint density at radius 3 is 2.52 bits per heavy atom. The molecule has 2 aliphatic heterocycles. The van der Waals surface area contributed by atoms with Gasteiger partial charge in [0, 0.05) is 17.8 Å². The molecule has 1 fully saturated rings. The van der Waals surface area contributed by atoms with Crippen molar-refractivity contribution in [1.29, 1.82) is 0 Å². The van der Waals surface area contributed by atoms with Crippen molar-refractivity contribution in [2.45, 2.75) is 45.6 Å². The molecule has 25 heavy (non-hydrogen) atoms. The van der Waals surface area contributed by atoms with E-state index in [9.17, 15) is 9.59 Å². The molecule has 2 heterocycles. The molecule has 1 atom stereocenters. The van der Waals surface area contributed by atoms with Crippen LogP contribution in [0.25, 0.3) is 6.08 Å². The van der Waals surface area contributed by atoms with Crippen LogP contribution in [-0.2, 0) is 9.59 Å². The number of carbonyl (C=O) groups excluding carboxylic acids is 2. The lowest BCUT2D eigenvalue weighted by Crippen LogP contribution is -2.51. The highest BCUT2D eigenvalue weighted by Gasteiger charge is 2.35.